The van der Waals surface area contributed by atoms with Gasteiger partial charge in [-0.2, -0.15) is 4.99 Å². The van der Waals surface area contributed by atoms with Gasteiger partial charge < -0.3 is 9.67 Å². The maximum atomic E-state index is 12.3. The molecule has 1 heterocycles. The molecule has 0 atom stereocenters. The van der Waals surface area contributed by atoms with Crippen molar-refractivity contribution in [1.29, 1.82) is 0 Å². The Morgan fingerprint density at radius 3 is 2.58 bits per heavy atom. The Kier molecular flexibility index (Phi) is 4.71. The zero-order valence-electron chi connectivity index (χ0n) is 12.1. The largest absolute Gasteiger partial charge is 0.480 e. The van der Waals surface area contributed by atoms with Crippen LogP contribution in [0.1, 0.15) is 10.4 Å². The number of aromatic nitrogens is 1. The molecule has 1 N–H and O–H groups in total. The molecule has 1 aromatic heterocycles. The third-order valence-corrected chi connectivity index (χ3v) is 4.74. The van der Waals surface area contributed by atoms with Gasteiger partial charge in [0, 0.05) is 15.6 Å². The SMILES string of the molecule is O=C(O)Cn1c(=NC(=O)c2cccc(Cl)c2)sc2ccc(Cl)cc21. The van der Waals surface area contributed by atoms with Crippen LogP contribution in [0.4, 0.5) is 0 Å². The van der Waals surface area contributed by atoms with Crippen molar-refractivity contribution in [3.05, 3.63) is 62.9 Å². The Labute approximate surface area is 150 Å². The summed E-state index contributed by atoms with van der Waals surface area (Å²) in [5, 5.41) is 10.0. The first kappa shape index (κ1) is 16.7. The molecule has 0 aliphatic carbocycles. The molecule has 0 fully saturated rings. The molecule has 24 heavy (non-hydrogen) atoms. The van der Waals surface area contributed by atoms with Gasteiger partial charge in [-0.25, -0.2) is 0 Å². The van der Waals surface area contributed by atoms with E-state index in [0.717, 1.165) is 4.70 Å². The second-order valence-electron chi connectivity index (χ2n) is 4.90. The van der Waals surface area contributed by atoms with Gasteiger partial charge in [-0.3, -0.25) is 9.59 Å². The van der Waals surface area contributed by atoms with E-state index in [4.69, 9.17) is 28.3 Å². The highest BCUT2D eigenvalue weighted by molar-refractivity contribution is 7.16. The van der Waals surface area contributed by atoms with Crippen molar-refractivity contribution in [3.8, 4) is 0 Å². The number of carbonyl (C=O) groups is 2. The highest BCUT2D eigenvalue weighted by Gasteiger charge is 2.12. The molecule has 3 aromatic rings. The first-order chi connectivity index (χ1) is 11.4. The predicted octanol–water partition coefficient (Wildman–Crippen LogP) is 3.84. The van der Waals surface area contributed by atoms with E-state index in [0.29, 0.717) is 25.9 Å². The summed E-state index contributed by atoms with van der Waals surface area (Å²) in [5.41, 5.74) is 0.951. The molecule has 0 saturated heterocycles. The Morgan fingerprint density at radius 1 is 1.12 bits per heavy atom. The molecule has 1 amide bonds. The van der Waals surface area contributed by atoms with Crippen molar-refractivity contribution in [2.24, 2.45) is 4.99 Å². The summed E-state index contributed by atoms with van der Waals surface area (Å²) in [6, 6.07) is 11.5. The van der Waals surface area contributed by atoms with E-state index >= 15 is 0 Å². The molecule has 0 spiro atoms. The number of carbonyl (C=O) groups excluding carboxylic acids is 1. The smallest absolute Gasteiger partial charge is 0.323 e. The van der Waals surface area contributed by atoms with Crippen molar-refractivity contribution < 1.29 is 14.7 Å². The number of nitrogens with zero attached hydrogens (tertiary/aromatic N) is 2. The van der Waals surface area contributed by atoms with E-state index in [1.165, 1.54) is 22.0 Å². The van der Waals surface area contributed by atoms with Gasteiger partial charge in [0.15, 0.2) is 4.80 Å². The lowest BCUT2D eigenvalue weighted by Gasteiger charge is -2.01. The van der Waals surface area contributed by atoms with Gasteiger partial charge in [0.25, 0.3) is 5.91 Å². The standard InChI is InChI=1S/C16H10Cl2N2O3S/c17-10-3-1-2-9(6-10)15(23)19-16-20(8-14(21)22)12-7-11(18)4-5-13(12)24-16/h1-7H,8H2,(H,21,22). The summed E-state index contributed by atoms with van der Waals surface area (Å²) in [7, 11) is 0. The zero-order valence-corrected chi connectivity index (χ0v) is 14.4. The highest BCUT2D eigenvalue weighted by Crippen LogP contribution is 2.22. The Hall–Kier alpha value is -2.15. The minimum absolute atomic E-state index is 0.291. The average Bonchev–Trinajstić information content (AvgIpc) is 2.84. The normalized spacial score (nSPS) is 11.8. The van der Waals surface area contributed by atoms with Gasteiger partial charge >= 0.3 is 5.97 Å². The number of rotatable bonds is 3. The van der Waals surface area contributed by atoms with Crippen molar-refractivity contribution >= 4 is 56.6 Å². The highest BCUT2D eigenvalue weighted by atomic mass is 35.5. The van der Waals surface area contributed by atoms with Crippen LogP contribution >= 0.6 is 34.5 Å². The molecule has 0 unspecified atom stereocenters. The first-order valence-corrected chi connectivity index (χ1v) is 8.36. The maximum Gasteiger partial charge on any atom is 0.323 e. The fraction of sp³-hybridized carbons (Fsp3) is 0.0625. The number of carboxylic acids is 1. The average molecular weight is 381 g/mol. The van der Waals surface area contributed by atoms with Crippen molar-refractivity contribution in [2.75, 3.05) is 0 Å². The van der Waals surface area contributed by atoms with Crippen LogP contribution in [-0.2, 0) is 11.3 Å². The van der Waals surface area contributed by atoms with Crippen molar-refractivity contribution in [2.45, 2.75) is 6.54 Å². The van der Waals surface area contributed by atoms with E-state index in [1.54, 1.807) is 36.4 Å². The molecule has 0 aliphatic rings. The molecular formula is C16H10Cl2N2O3S. The van der Waals surface area contributed by atoms with Crippen LogP contribution in [0.15, 0.2) is 47.5 Å². The number of halogens is 2. The van der Waals surface area contributed by atoms with Gasteiger partial charge in [0.2, 0.25) is 0 Å². The Morgan fingerprint density at radius 2 is 1.88 bits per heavy atom. The number of thiazole rings is 1. The van der Waals surface area contributed by atoms with Gasteiger partial charge in [-0.05, 0) is 36.4 Å². The van der Waals surface area contributed by atoms with Crippen LogP contribution < -0.4 is 4.80 Å². The number of amides is 1. The summed E-state index contributed by atoms with van der Waals surface area (Å²) >= 11 is 13.1. The van der Waals surface area contributed by atoms with Crippen LogP contribution in [0.5, 0.6) is 0 Å². The van der Waals surface area contributed by atoms with Gasteiger partial charge in [0.05, 0.1) is 10.2 Å². The topological polar surface area (TPSA) is 71.7 Å². The lowest BCUT2D eigenvalue weighted by molar-refractivity contribution is -0.137. The molecule has 0 saturated carbocycles. The van der Waals surface area contributed by atoms with E-state index < -0.39 is 11.9 Å². The zero-order chi connectivity index (χ0) is 17.3. The molecule has 3 rings (SSSR count). The summed E-state index contributed by atoms with van der Waals surface area (Å²) in [6.07, 6.45) is 0. The number of hydrogen-bond acceptors (Lipinski definition) is 3. The minimum Gasteiger partial charge on any atom is -0.480 e. The molecule has 5 nitrogen and oxygen atoms in total. The second-order valence-corrected chi connectivity index (χ2v) is 6.79. The summed E-state index contributed by atoms with van der Waals surface area (Å²) < 4.78 is 2.25. The van der Waals surface area contributed by atoms with E-state index in [-0.39, 0.29) is 6.54 Å². The maximum absolute atomic E-state index is 12.3. The third-order valence-electron chi connectivity index (χ3n) is 3.21. The molecule has 2 aromatic carbocycles. The quantitative estimate of drug-likeness (QED) is 0.750. The summed E-state index contributed by atoms with van der Waals surface area (Å²) in [6.45, 7) is -0.317. The minimum atomic E-state index is -1.04. The van der Waals surface area contributed by atoms with Gasteiger partial charge in [0.1, 0.15) is 6.54 Å². The lowest BCUT2D eigenvalue weighted by atomic mass is 10.2. The van der Waals surface area contributed by atoms with Crippen LogP contribution in [-0.4, -0.2) is 21.6 Å². The second kappa shape index (κ2) is 6.76. The monoisotopic (exact) mass is 380 g/mol. The number of benzene rings is 2. The molecule has 0 aliphatic heterocycles. The van der Waals surface area contributed by atoms with Crippen LogP contribution in [0.3, 0.4) is 0 Å². The van der Waals surface area contributed by atoms with E-state index in [2.05, 4.69) is 4.99 Å². The molecule has 8 heteroatoms. The molecule has 122 valence electrons. The van der Waals surface area contributed by atoms with E-state index in [1.807, 2.05) is 0 Å². The number of carboxylic acid groups (broad SMARTS) is 1. The molecular weight excluding hydrogens is 371 g/mol. The number of fused-ring (bicyclic) bond motifs is 1. The van der Waals surface area contributed by atoms with Crippen LogP contribution in [0, 0.1) is 0 Å². The Balaban J connectivity index is 2.17. The lowest BCUT2D eigenvalue weighted by Crippen LogP contribution is -2.21. The molecule has 0 bridgehead atoms. The molecule has 0 radical (unpaired) electrons. The third kappa shape index (κ3) is 3.51. The van der Waals surface area contributed by atoms with E-state index in [9.17, 15) is 9.59 Å². The van der Waals surface area contributed by atoms with Crippen LogP contribution in [0.25, 0.3) is 10.2 Å². The number of hydrogen-bond donors (Lipinski definition) is 1. The van der Waals surface area contributed by atoms with Gasteiger partial charge in [-0.15, -0.1) is 0 Å². The van der Waals surface area contributed by atoms with Gasteiger partial charge in [-0.1, -0.05) is 40.6 Å². The fourth-order valence-electron chi connectivity index (χ4n) is 2.19. The summed E-state index contributed by atoms with van der Waals surface area (Å²) in [4.78, 5) is 27.9. The predicted molar refractivity (Wildman–Crippen MR) is 93.8 cm³/mol. The van der Waals surface area contributed by atoms with Crippen LogP contribution in [0.2, 0.25) is 10.0 Å². The number of aliphatic carboxylic acids is 1. The van der Waals surface area contributed by atoms with Crippen molar-refractivity contribution in [1.82, 2.24) is 4.57 Å². The summed E-state index contributed by atoms with van der Waals surface area (Å²) in [5.74, 6) is -1.53. The Bertz CT molecular complexity index is 1020. The fourth-order valence-corrected chi connectivity index (χ4v) is 3.55. The van der Waals surface area contributed by atoms with Crippen molar-refractivity contribution in [3.63, 3.8) is 0 Å². The first-order valence-electron chi connectivity index (χ1n) is 6.79.